The van der Waals surface area contributed by atoms with Crippen molar-refractivity contribution in [3.63, 3.8) is 0 Å². The van der Waals surface area contributed by atoms with E-state index in [0.717, 1.165) is 0 Å². The van der Waals surface area contributed by atoms with Gasteiger partial charge in [0.2, 0.25) is 5.91 Å². The quantitative estimate of drug-likeness (QED) is 0.894. The van der Waals surface area contributed by atoms with Gasteiger partial charge in [-0.3, -0.25) is 4.79 Å². The maximum absolute atomic E-state index is 11.7. The summed E-state index contributed by atoms with van der Waals surface area (Å²) in [6.07, 6.45) is 3.28. The number of rotatable bonds is 3. The summed E-state index contributed by atoms with van der Waals surface area (Å²) < 4.78 is 0.627. The third-order valence-electron chi connectivity index (χ3n) is 2.41. The van der Waals surface area contributed by atoms with Crippen LogP contribution in [0, 0.1) is 5.41 Å². The molecule has 5 nitrogen and oxygen atoms in total. The minimum absolute atomic E-state index is 0.0945. The number of hydrogen-bond donors (Lipinski definition) is 2. The number of carbonyl (C=O) groups is 1. The highest BCUT2D eigenvalue weighted by atomic mass is 79.9. The normalized spacial score (nSPS) is 13.2. The third-order valence-corrected chi connectivity index (χ3v) is 2.82. The van der Waals surface area contributed by atoms with Crippen LogP contribution in [0.15, 0.2) is 17.0 Å². The van der Waals surface area contributed by atoms with Crippen molar-refractivity contribution >= 4 is 27.7 Å². The van der Waals surface area contributed by atoms with Gasteiger partial charge in [-0.05, 0) is 21.3 Å². The molecule has 0 aliphatic carbocycles. The molecule has 94 valence electrons. The van der Waals surface area contributed by atoms with Crippen molar-refractivity contribution in [1.29, 1.82) is 0 Å². The second-order valence-corrected chi connectivity index (χ2v) is 5.76. The van der Waals surface area contributed by atoms with E-state index in [4.69, 9.17) is 5.73 Å². The van der Waals surface area contributed by atoms with Gasteiger partial charge in [0.15, 0.2) is 5.82 Å². The molecule has 0 aliphatic heterocycles. The molecule has 0 aliphatic rings. The molecule has 0 spiro atoms. The molecule has 1 atom stereocenters. The SMILES string of the molecule is CC(C)(C)C(N)CC(=O)Nc1cnc(Br)cn1. The van der Waals surface area contributed by atoms with Crippen molar-refractivity contribution in [2.24, 2.45) is 11.1 Å². The first-order valence-corrected chi connectivity index (χ1v) is 6.11. The van der Waals surface area contributed by atoms with Crippen LogP contribution in [0.1, 0.15) is 27.2 Å². The molecule has 0 aromatic carbocycles. The monoisotopic (exact) mass is 300 g/mol. The number of hydrogen-bond acceptors (Lipinski definition) is 4. The van der Waals surface area contributed by atoms with E-state index in [9.17, 15) is 4.79 Å². The van der Waals surface area contributed by atoms with Gasteiger partial charge in [-0.15, -0.1) is 0 Å². The van der Waals surface area contributed by atoms with Crippen LogP contribution in [0.5, 0.6) is 0 Å². The van der Waals surface area contributed by atoms with E-state index in [0.29, 0.717) is 10.4 Å². The highest BCUT2D eigenvalue weighted by molar-refractivity contribution is 9.10. The van der Waals surface area contributed by atoms with Crippen molar-refractivity contribution in [1.82, 2.24) is 9.97 Å². The molecule has 0 saturated carbocycles. The molecule has 17 heavy (non-hydrogen) atoms. The molecular formula is C11H17BrN4O. The Morgan fingerprint density at radius 2 is 2.12 bits per heavy atom. The van der Waals surface area contributed by atoms with Gasteiger partial charge in [0.25, 0.3) is 0 Å². The number of anilines is 1. The molecule has 0 saturated heterocycles. The lowest BCUT2D eigenvalue weighted by atomic mass is 9.85. The summed E-state index contributed by atoms with van der Waals surface area (Å²) in [7, 11) is 0. The van der Waals surface area contributed by atoms with E-state index in [2.05, 4.69) is 31.2 Å². The maximum Gasteiger partial charge on any atom is 0.227 e. The second-order valence-electron chi connectivity index (χ2n) is 4.95. The molecule has 1 aromatic rings. The first kappa shape index (κ1) is 14.1. The summed E-state index contributed by atoms with van der Waals surface area (Å²) in [6, 6.07) is -0.189. The molecule has 1 aromatic heterocycles. The first-order chi connectivity index (χ1) is 7.79. The molecule has 0 radical (unpaired) electrons. The predicted molar refractivity (Wildman–Crippen MR) is 70.4 cm³/mol. The van der Waals surface area contributed by atoms with Crippen LogP contribution in [-0.4, -0.2) is 21.9 Å². The third kappa shape index (κ3) is 4.79. The van der Waals surface area contributed by atoms with Crippen molar-refractivity contribution < 1.29 is 4.79 Å². The van der Waals surface area contributed by atoms with Crippen LogP contribution in [0.3, 0.4) is 0 Å². The maximum atomic E-state index is 11.7. The van der Waals surface area contributed by atoms with Gasteiger partial charge >= 0.3 is 0 Å². The van der Waals surface area contributed by atoms with Gasteiger partial charge < -0.3 is 11.1 Å². The Balaban J connectivity index is 2.53. The highest BCUT2D eigenvalue weighted by Gasteiger charge is 2.23. The molecule has 1 rings (SSSR count). The molecule has 1 heterocycles. The number of halogens is 1. The second kappa shape index (κ2) is 5.55. The number of amides is 1. The minimum atomic E-state index is -0.189. The van der Waals surface area contributed by atoms with Crippen LogP contribution in [0.25, 0.3) is 0 Å². The Morgan fingerprint density at radius 1 is 1.47 bits per heavy atom. The average Bonchev–Trinajstić information content (AvgIpc) is 2.20. The van der Waals surface area contributed by atoms with Gasteiger partial charge in [0, 0.05) is 12.5 Å². The fraction of sp³-hybridized carbons (Fsp3) is 0.545. The molecule has 0 fully saturated rings. The topological polar surface area (TPSA) is 80.9 Å². The van der Waals surface area contributed by atoms with E-state index in [1.807, 2.05) is 20.8 Å². The van der Waals surface area contributed by atoms with Crippen LogP contribution in [0.2, 0.25) is 0 Å². The highest BCUT2D eigenvalue weighted by Crippen LogP contribution is 2.20. The number of aromatic nitrogens is 2. The lowest BCUT2D eigenvalue weighted by Gasteiger charge is -2.26. The largest absolute Gasteiger partial charge is 0.327 e. The standard InChI is InChI=1S/C11H17BrN4O/c1-11(2,3)7(13)4-10(17)16-9-6-14-8(12)5-15-9/h5-7H,4,13H2,1-3H3,(H,15,16,17). The number of carbonyl (C=O) groups excluding carboxylic acids is 1. The van der Waals surface area contributed by atoms with E-state index >= 15 is 0 Å². The molecule has 3 N–H and O–H groups in total. The zero-order valence-electron chi connectivity index (χ0n) is 10.2. The van der Waals surface area contributed by atoms with Crippen LogP contribution < -0.4 is 11.1 Å². The predicted octanol–water partition coefficient (Wildman–Crippen LogP) is 1.94. The van der Waals surface area contributed by atoms with Gasteiger partial charge in [-0.1, -0.05) is 20.8 Å². The van der Waals surface area contributed by atoms with E-state index in [1.54, 1.807) is 0 Å². The van der Waals surface area contributed by atoms with Crippen molar-refractivity contribution in [3.05, 3.63) is 17.0 Å². The Bertz CT molecular complexity index is 385. The Hall–Kier alpha value is -1.01. The Kier molecular flexibility index (Phi) is 4.59. The summed E-state index contributed by atoms with van der Waals surface area (Å²) in [5.41, 5.74) is 5.83. The van der Waals surface area contributed by atoms with E-state index in [1.165, 1.54) is 12.4 Å². The summed E-state index contributed by atoms with van der Waals surface area (Å²) in [4.78, 5) is 19.7. The number of nitrogens with one attached hydrogen (secondary N) is 1. The Morgan fingerprint density at radius 3 is 2.59 bits per heavy atom. The van der Waals surface area contributed by atoms with Crippen LogP contribution >= 0.6 is 15.9 Å². The Labute approximate surface area is 109 Å². The lowest BCUT2D eigenvalue weighted by molar-refractivity contribution is -0.117. The first-order valence-electron chi connectivity index (χ1n) is 5.32. The minimum Gasteiger partial charge on any atom is -0.327 e. The van der Waals surface area contributed by atoms with Crippen molar-refractivity contribution in [2.75, 3.05) is 5.32 Å². The molecule has 1 unspecified atom stereocenters. The molecule has 1 amide bonds. The molecule has 0 bridgehead atoms. The summed E-state index contributed by atoms with van der Waals surface area (Å²) in [5, 5.41) is 2.66. The zero-order chi connectivity index (χ0) is 13.1. The lowest BCUT2D eigenvalue weighted by Crippen LogP contribution is -2.38. The van der Waals surface area contributed by atoms with Crippen molar-refractivity contribution in [2.45, 2.75) is 33.2 Å². The zero-order valence-corrected chi connectivity index (χ0v) is 11.8. The van der Waals surface area contributed by atoms with Gasteiger partial charge in [0.05, 0.1) is 12.4 Å². The van der Waals surface area contributed by atoms with Gasteiger partial charge in [-0.25, -0.2) is 9.97 Å². The fourth-order valence-corrected chi connectivity index (χ4v) is 1.28. The molecular weight excluding hydrogens is 284 g/mol. The van der Waals surface area contributed by atoms with E-state index < -0.39 is 0 Å². The van der Waals surface area contributed by atoms with Crippen LogP contribution in [0.4, 0.5) is 5.82 Å². The van der Waals surface area contributed by atoms with Crippen LogP contribution in [-0.2, 0) is 4.79 Å². The molecule has 6 heteroatoms. The summed E-state index contributed by atoms with van der Waals surface area (Å²) in [5.74, 6) is 0.281. The summed E-state index contributed by atoms with van der Waals surface area (Å²) in [6.45, 7) is 6.01. The van der Waals surface area contributed by atoms with Crippen molar-refractivity contribution in [3.8, 4) is 0 Å². The van der Waals surface area contributed by atoms with Gasteiger partial charge in [0.1, 0.15) is 4.60 Å². The average molecular weight is 301 g/mol. The van der Waals surface area contributed by atoms with E-state index in [-0.39, 0.29) is 23.8 Å². The fourth-order valence-electron chi connectivity index (χ4n) is 1.08. The smallest absolute Gasteiger partial charge is 0.227 e. The number of nitrogens with zero attached hydrogens (tertiary/aromatic N) is 2. The van der Waals surface area contributed by atoms with Gasteiger partial charge in [-0.2, -0.15) is 0 Å². The summed E-state index contributed by atoms with van der Waals surface area (Å²) >= 11 is 3.17. The number of nitrogens with two attached hydrogens (primary N) is 1.